The second-order valence-corrected chi connectivity index (χ2v) is 4.23. The van der Waals surface area contributed by atoms with Gasteiger partial charge in [0.15, 0.2) is 0 Å². The first-order chi connectivity index (χ1) is 8.19. The SMILES string of the molecule is CC(=O)CCn1ccc2ccccc21.CCC. The van der Waals surface area contributed by atoms with E-state index in [9.17, 15) is 4.79 Å². The van der Waals surface area contributed by atoms with Gasteiger partial charge in [-0.1, -0.05) is 38.5 Å². The monoisotopic (exact) mass is 231 g/mol. The number of aromatic nitrogens is 1. The zero-order chi connectivity index (χ0) is 12.7. The molecule has 1 heterocycles. The van der Waals surface area contributed by atoms with Crippen LogP contribution in [0, 0.1) is 0 Å². The number of benzene rings is 1. The lowest BCUT2D eigenvalue weighted by atomic mass is 10.2. The molecule has 0 bridgehead atoms. The number of para-hydroxylation sites is 1. The normalized spacial score (nSPS) is 9.82. The highest BCUT2D eigenvalue weighted by atomic mass is 16.1. The summed E-state index contributed by atoms with van der Waals surface area (Å²) in [5.74, 6) is 0.239. The summed E-state index contributed by atoms with van der Waals surface area (Å²) < 4.78 is 2.12. The maximum absolute atomic E-state index is 10.9. The van der Waals surface area contributed by atoms with Crippen LogP contribution in [0.2, 0.25) is 0 Å². The topological polar surface area (TPSA) is 22.0 Å². The fourth-order valence-electron chi connectivity index (χ4n) is 1.61. The molecule has 0 atom stereocenters. The molecule has 0 unspecified atom stereocenters. The number of ketones is 1. The van der Waals surface area contributed by atoms with Crippen molar-refractivity contribution >= 4 is 16.7 Å². The van der Waals surface area contributed by atoms with Gasteiger partial charge in [-0.05, 0) is 24.4 Å². The van der Waals surface area contributed by atoms with E-state index in [0.717, 1.165) is 6.54 Å². The second kappa shape index (κ2) is 6.89. The fraction of sp³-hybridized carbons (Fsp3) is 0.400. The molecule has 0 spiro atoms. The van der Waals surface area contributed by atoms with E-state index >= 15 is 0 Å². The van der Waals surface area contributed by atoms with Crippen molar-refractivity contribution in [1.29, 1.82) is 0 Å². The van der Waals surface area contributed by atoms with Crippen LogP contribution in [0.5, 0.6) is 0 Å². The number of nitrogens with zero attached hydrogens (tertiary/aromatic N) is 1. The lowest BCUT2D eigenvalue weighted by molar-refractivity contribution is -0.117. The number of carbonyl (C=O) groups excluding carboxylic acids is 1. The Bertz CT molecular complexity index is 470. The Balaban J connectivity index is 0.000000437. The van der Waals surface area contributed by atoms with Crippen LogP contribution in [-0.2, 0) is 11.3 Å². The molecule has 0 N–H and O–H groups in total. The smallest absolute Gasteiger partial charge is 0.131 e. The van der Waals surface area contributed by atoms with Crippen LogP contribution in [0.15, 0.2) is 36.5 Å². The van der Waals surface area contributed by atoms with Gasteiger partial charge in [-0.3, -0.25) is 4.79 Å². The minimum absolute atomic E-state index is 0.239. The van der Waals surface area contributed by atoms with Gasteiger partial charge in [0.05, 0.1) is 0 Å². The van der Waals surface area contributed by atoms with Gasteiger partial charge in [0.2, 0.25) is 0 Å². The highest BCUT2D eigenvalue weighted by Gasteiger charge is 2.00. The number of fused-ring (bicyclic) bond motifs is 1. The zero-order valence-electron chi connectivity index (χ0n) is 10.9. The number of hydrogen-bond donors (Lipinski definition) is 0. The summed E-state index contributed by atoms with van der Waals surface area (Å²) in [5.41, 5.74) is 1.20. The molecule has 1 aromatic heterocycles. The molecule has 2 heteroatoms. The van der Waals surface area contributed by atoms with E-state index in [2.05, 4.69) is 36.6 Å². The summed E-state index contributed by atoms with van der Waals surface area (Å²) in [7, 11) is 0. The van der Waals surface area contributed by atoms with Crippen LogP contribution in [0.4, 0.5) is 0 Å². The standard InChI is InChI=1S/C12H13NO.C3H8/c1-10(14)6-8-13-9-7-11-4-2-3-5-12(11)13;1-3-2/h2-5,7,9H,6,8H2,1H3;3H2,1-2H3. The van der Waals surface area contributed by atoms with Crippen LogP contribution in [0.1, 0.15) is 33.6 Å². The van der Waals surface area contributed by atoms with E-state index < -0.39 is 0 Å². The fourth-order valence-corrected chi connectivity index (χ4v) is 1.61. The minimum atomic E-state index is 0.239. The van der Waals surface area contributed by atoms with Gasteiger partial charge in [0.25, 0.3) is 0 Å². The van der Waals surface area contributed by atoms with E-state index in [1.807, 2.05) is 18.3 Å². The summed E-state index contributed by atoms with van der Waals surface area (Å²) in [6.07, 6.45) is 3.90. The third-order valence-corrected chi connectivity index (χ3v) is 2.38. The average Bonchev–Trinajstić information content (AvgIpc) is 2.70. The zero-order valence-corrected chi connectivity index (χ0v) is 10.9. The van der Waals surface area contributed by atoms with Gasteiger partial charge in [-0.25, -0.2) is 0 Å². The average molecular weight is 231 g/mol. The third-order valence-electron chi connectivity index (χ3n) is 2.38. The van der Waals surface area contributed by atoms with Gasteiger partial charge in [-0.15, -0.1) is 0 Å². The largest absolute Gasteiger partial charge is 0.347 e. The molecule has 0 amide bonds. The minimum Gasteiger partial charge on any atom is -0.347 e. The summed E-state index contributed by atoms with van der Waals surface area (Å²) >= 11 is 0. The van der Waals surface area contributed by atoms with Crippen molar-refractivity contribution in [3.05, 3.63) is 36.5 Å². The van der Waals surface area contributed by atoms with Gasteiger partial charge in [0, 0.05) is 24.7 Å². The van der Waals surface area contributed by atoms with Crippen molar-refractivity contribution < 1.29 is 4.79 Å². The van der Waals surface area contributed by atoms with Crippen molar-refractivity contribution in [2.24, 2.45) is 0 Å². The summed E-state index contributed by atoms with van der Waals surface area (Å²) in [5, 5.41) is 1.23. The van der Waals surface area contributed by atoms with Crippen molar-refractivity contribution in [2.75, 3.05) is 0 Å². The molecule has 2 rings (SSSR count). The molecule has 0 saturated heterocycles. The lowest BCUT2D eigenvalue weighted by Crippen LogP contribution is -2.00. The van der Waals surface area contributed by atoms with Crippen LogP contribution < -0.4 is 0 Å². The van der Waals surface area contributed by atoms with Gasteiger partial charge < -0.3 is 4.57 Å². The van der Waals surface area contributed by atoms with Gasteiger partial charge in [0.1, 0.15) is 5.78 Å². The molecule has 0 aliphatic carbocycles. The van der Waals surface area contributed by atoms with Crippen molar-refractivity contribution in [3.8, 4) is 0 Å². The summed E-state index contributed by atoms with van der Waals surface area (Å²) in [6.45, 7) is 6.66. The van der Waals surface area contributed by atoms with Crippen LogP contribution in [0.25, 0.3) is 10.9 Å². The second-order valence-electron chi connectivity index (χ2n) is 4.23. The van der Waals surface area contributed by atoms with Crippen molar-refractivity contribution in [2.45, 2.75) is 40.2 Å². The molecular weight excluding hydrogens is 210 g/mol. The highest BCUT2D eigenvalue weighted by Crippen LogP contribution is 2.15. The predicted molar refractivity (Wildman–Crippen MR) is 73.2 cm³/mol. The van der Waals surface area contributed by atoms with Gasteiger partial charge >= 0.3 is 0 Å². The number of rotatable bonds is 3. The Morgan fingerprint density at radius 3 is 2.47 bits per heavy atom. The molecule has 17 heavy (non-hydrogen) atoms. The predicted octanol–water partition coefficient (Wildman–Crippen LogP) is 4.04. The maximum atomic E-state index is 10.9. The van der Waals surface area contributed by atoms with Crippen LogP contribution in [-0.4, -0.2) is 10.4 Å². The Morgan fingerprint density at radius 2 is 1.82 bits per heavy atom. The van der Waals surface area contributed by atoms with Crippen LogP contribution >= 0.6 is 0 Å². The first-order valence-electron chi connectivity index (χ1n) is 6.22. The Hall–Kier alpha value is -1.57. The van der Waals surface area contributed by atoms with Crippen molar-refractivity contribution in [1.82, 2.24) is 4.57 Å². The quantitative estimate of drug-likeness (QED) is 0.781. The highest BCUT2D eigenvalue weighted by molar-refractivity contribution is 5.80. The molecule has 2 aromatic rings. The molecule has 92 valence electrons. The number of Topliss-reactive ketones (excluding diaryl/α,β-unsaturated/α-hetero) is 1. The summed E-state index contributed by atoms with van der Waals surface area (Å²) in [6, 6.07) is 10.3. The lowest BCUT2D eigenvalue weighted by Gasteiger charge is -2.02. The summed E-state index contributed by atoms with van der Waals surface area (Å²) in [4.78, 5) is 10.9. The molecule has 0 radical (unpaired) electrons. The number of hydrogen-bond acceptors (Lipinski definition) is 1. The van der Waals surface area contributed by atoms with E-state index in [4.69, 9.17) is 0 Å². The molecule has 0 aliphatic heterocycles. The molecule has 2 nitrogen and oxygen atoms in total. The number of aryl methyl sites for hydroxylation is 1. The third kappa shape index (κ3) is 4.06. The molecule has 1 aromatic carbocycles. The molecular formula is C15H21NO. The molecule has 0 fully saturated rings. The van der Waals surface area contributed by atoms with E-state index in [-0.39, 0.29) is 5.78 Å². The maximum Gasteiger partial charge on any atom is 0.131 e. The first kappa shape index (κ1) is 13.5. The Morgan fingerprint density at radius 1 is 1.18 bits per heavy atom. The Kier molecular flexibility index (Phi) is 5.47. The first-order valence-corrected chi connectivity index (χ1v) is 6.22. The van der Waals surface area contributed by atoms with E-state index in [1.165, 1.54) is 17.3 Å². The van der Waals surface area contributed by atoms with E-state index in [0.29, 0.717) is 6.42 Å². The molecule has 0 saturated carbocycles. The van der Waals surface area contributed by atoms with Gasteiger partial charge in [-0.2, -0.15) is 0 Å². The van der Waals surface area contributed by atoms with Crippen LogP contribution in [0.3, 0.4) is 0 Å². The Labute approximate surface area is 103 Å². The van der Waals surface area contributed by atoms with E-state index in [1.54, 1.807) is 6.92 Å². The van der Waals surface area contributed by atoms with Crippen molar-refractivity contribution in [3.63, 3.8) is 0 Å². The number of carbonyl (C=O) groups is 1. The molecule has 0 aliphatic rings.